The van der Waals surface area contributed by atoms with Crippen molar-refractivity contribution in [1.29, 1.82) is 0 Å². The molecule has 0 bridgehead atoms. The van der Waals surface area contributed by atoms with Gasteiger partial charge in [0.05, 0.1) is 12.4 Å². The van der Waals surface area contributed by atoms with Crippen LogP contribution in [0.25, 0.3) is 0 Å². The molecule has 0 saturated carbocycles. The number of rotatable bonds is 18. The van der Waals surface area contributed by atoms with Gasteiger partial charge in [0.1, 0.15) is 18.1 Å². The van der Waals surface area contributed by atoms with Crippen LogP contribution in [0.2, 0.25) is 0 Å². The van der Waals surface area contributed by atoms with Crippen molar-refractivity contribution in [3.63, 3.8) is 0 Å². The maximum Gasteiger partial charge on any atom is 0.326 e. The predicted molar refractivity (Wildman–Crippen MR) is 140 cm³/mol. The Hall–Kier alpha value is -3.37. The molecule has 3 amide bonds. The zero-order valence-corrected chi connectivity index (χ0v) is 21.5. The molecule has 1 heterocycles. The molecule has 0 aromatic carbocycles. The number of imidazole rings is 1. The minimum absolute atomic E-state index is 0.0521. The van der Waals surface area contributed by atoms with Crippen LogP contribution in [0.15, 0.2) is 17.5 Å². The summed E-state index contributed by atoms with van der Waals surface area (Å²) in [7, 11) is 0. The molecule has 0 aliphatic rings. The Morgan fingerprint density at radius 2 is 1.62 bits per heavy atom. The van der Waals surface area contributed by atoms with Crippen molar-refractivity contribution in [2.75, 3.05) is 18.8 Å². The molecule has 208 valence electrons. The highest BCUT2D eigenvalue weighted by molar-refractivity contribution is 7.80. The van der Waals surface area contributed by atoms with Gasteiger partial charge in [0.25, 0.3) is 0 Å². The highest BCUT2D eigenvalue weighted by Crippen LogP contribution is 2.07. The second-order valence-corrected chi connectivity index (χ2v) is 8.69. The van der Waals surface area contributed by atoms with E-state index in [1.807, 2.05) is 0 Å². The zero-order valence-electron chi connectivity index (χ0n) is 20.6. The highest BCUT2D eigenvalue weighted by atomic mass is 32.1. The number of carbonyl (C=O) groups is 4. The molecule has 13 N–H and O–H groups in total. The summed E-state index contributed by atoms with van der Waals surface area (Å²) in [5.41, 5.74) is 22.4. The van der Waals surface area contributed by atoms with Gasteiger partial charge in [-0.15, -0.1) is 0 Å². The van der Waals surface area contributed by atoms with Crippen LogP contribution < -0.4 is 38.9 Å². The molecule has 0 spiro atoms. The summed E-state index contributed by atoms with van der Waals surface area (Å²) < 4.78 is 0. The lowest BCUT2D eigenvalue weighted by Gasteiger charge is -2.25. The third kappa shape index (κ3) is 12.4. The van der Waals surface area contributed by atoms with Gasteiger partial charge in [-0.3, -0.25) is 19.4 Å². The SMILES string of the molecule is NCCCCC(NC(=O)C(Cc1cnc[nH]1)NC(=O)C(N)CS)C(=O)NC(CCCN=C(N)N)C(=O)O. The minimum Gasteiger partial charge on any atom is -0.480 e. The van der Waals surface area contributed by atoms with Gasteiger partial charge in [-0.05, 0) is 38.6 Å². The van der Waals surface area contributed by atoms with Gasteiger partial charge in [-0.1, -0.05) is 0 Å². The molecular formula is C21H38N10O5S. The summed E-state index contributed by atoms with van der Waals surface area (Å²) in [6.07, 6.45) is 4.64. The summed E-state index contributed by atoms with van der Waals surface area (Å²) in [5, 5.41) is 17.2. The highest BCUT2D eigenvalue weighted by Gasteiger charge is 2.30. The summed E-state index contributed by atoms with van der Waals surface area (Å²) in [6.45, 7) is 0.576. The summed E-state index contributed by atoms with van der Waals surface area (Å²) in [6, 6.07) is -4.32. The molecule has 1 rings (SSSR count). The zero-order chi connectivity index (χ0) is 27.8. The number of guanidine groups is 1. The number of aliphatic carboxylic acids is 1. The Morgan fingerprint density at radius 3 is 2.19 bits per heavy atom. The first-order chi connectivity index (χ1) is 17.6. The van der Waals surface area contributed by atoms with Crippen LogP contribution in [0.1, 0.15) is 37.8 Å². The smallest absolute Gasteiger partial charge is 0.326 e. The van der Waals surface area contributed by atoms with Crippen molar-refractivity contribution < 1.29 is 24.3 Å². The van der Waals surface area contributed by atoms with Gasteiger partial charge in [0, 0.05) is 30.6 Å². The Kier molecular flexibility index (Phi) is 14.7. The van der Waals surface area contributed by atoms with E-state index in [1.54, 1.807) is 0 Å². The molecule has 0 aliphatic heterocycles. The van der Waals surface area contributed by atoms with E-state index >= 15 is 0 Å². The van der Waals surface area contributed by atoms with E-state index in [-0.39, 0.29) is 37.5 Å². The number of nitrogens with two attached hydrogens (primary N) is 4. The van der Waals surface area contributed by atoms with Crippen LogP contribution in [0, 0.1) is 0 Å². The maximum atomic E-state index is 13.2. The molecule has 4 atom stereocenters. The second kappa shape index (κ2) is 17.1. The Bertz CT molecular complexity index is 894. The number of H-pyrrole nitrogens is 1. The van der Waals surface area contributed by atoms with E-state index in [4.69, 9.17) is 22.9 Å². The molecule has 1 aromatic rings. The van der Waals surface area contributed by atoms with Crippen LogP contribution in [0.5, 0.6) is 0 Å². The molecule has 15 nitrogen and oxygen atoms in total. The van der Waals surface area contributed by atoms with E-state index < -0.39 is 47.9 Å². The molecule has 37 heavy (non-hydrogen) atoms. The van der Waals surface area contributed by atoms with Gasteiger partial charge in [-0.25, -0.2) is 9.78 Å². The lowest BCUT2D eigenvalue weighted by molar-refractivity contribution is -0.142. The number of hydrogen-bond acceptors (Lipinski definition) is 9. The number of carboxylic acids is 1. The fourth-order valence-corrected chi connectivity index (χ4v) is 3.42. The summed E-state index contributed by atoms with van der Waals surface area (Å²) in [4.78, 5) is 60.8. The van der Waals surface area contributed by atoms with Crippen molar-refractivity contribution in [2.45, 2.75) is 62.7 Å². The van der Waals surface area contributed by atoms with E-state index in [0.29, 0.717) is 31.5 Å². The molecule has 0 fully saturated rings. The summed E-state index contributed by atoms with van der Waals surface area (Å²) in [5.74, 6) is -3.22. The van der Waals surface area contributed by atoms with Gasteiger partial charge in [0.2, 0.25) is 17.7 Å². The van der Waals surface area contributed by atoms with Crippen LogP contribution in [0.4, 0.5) is 0 Å². The minimum atomic E-state index is -1.24. The van der Waals surface area contributed by atoms with Crippen molar-refractivity contribution in [3.8, 4) is 0 Å². The van der Waals surface area contributed by atoms with Crippen molar-refractivity contribution >= 4 is 42.3 Å². The number of unbranched alkanes of at least 4 members (excludes halogenated alkanes) is 1. The first kappa shape index (κ1) is 31.7. The van der Waals surface area contributed by atoms with Crippen LogP contribution in [-0.2, 0) is 25.6 Å². The first-order valence-electron chi connectivity index (χ1n) is 11.8. The molecule has 0 aliphatic carbocycles. The lowest BCUT2D eigenvalue weighted by Crippen LogP contribution is -2.57. The summed E-state index contributed by atoms with van der Waals surface area (Å²) >= 11 is 4.00. The number of nitrogens with one attached hydrogen (secondary N) is 4. The average molecular weight is 543 g/mol. The van der Waals surface area contributed by atoms with Crippen molar-refractivity contribution in [2.24, 2.45) is 27.9 Å². The number of thiol groups is 1. The quantitative estimate of drug-likeness (QED) is 0.0387. The second-order valence-electron chi connectivity index (χ2n) is 8.33. The Morgan fingerprint density at radius 1 is 1.00 bits per heavy atom. The fourth-order valence-electron chi connectivity index (χ4n) is 3.25. The van der Waals surface area contributed by atoms with Gasteiger partial charge in [-0.2, -0.15) is 12.6 Å². The molecule has 0 radical (unpaired) electrons. The molecule has 1 aromatic heterocycles. The number of aromatic nitrogens is 2. The molecule has 0 saturated heterocycles. The number of carbonyl (C=O) groups excluding carboxylic acids is 3. The first-order valence-corrected chi connectivity index (χ1v) is 12.4. The number of amides is 3. The molecular weight excluding hydrogens is 504 g/mol. The van der Waals surface area contributed by atoms with E-state index in [0.717, 1.165) is 0 Å². The molecule has 16 heteroatoms. The number of hydrogen-bond donors (Lipinski definition) is 10. The Labute approximate surface area is 220 Å². The fraction of sp³-hybridized carbons (Fsp3) is 0.619. The monoisotopic (exact) mass is 542 g/mol. The van der Waals surface area contributed by atoms with Crippen molar-refractivity contribution in [3.05, 3.63) is 18.2 Å². The number of nitrogens with zero attached hydrogens (tertiary/aromatic N) is 2. The van der Waals surface area contributed by atoms with E-state index in [9.17, 15) is 24.3 Å². The lowest BCUT2D eigenvalue weighted by atomic mass is 10.0. The third-order valence-corrected chi connectivity index (χ3v) is 5.68. The number of aromatic amines is 1. The van der Waals surface area contributed by atoms with E-state index in [2.05, 4.69) is 43.5 Å². The molecule has 4 unspecified atom stereocenters. The largest absolute Gasteiger partial charge is 0.480 e. The van der Waals surface area contributed by atoms with Crippen LogP contribution in [-0.4, -0.2) is 87.7 Å². The van der Waals surface area contributed by atoms with Crippen molar-refractivity contribution in [1.82, 2.24) is 25.9 Å². The third-order valence-electron chi connectivity index (χ3n) is 5.29. The Balaban J connectivity index is 2.98. The van der Waals surface area contributed by atoms with Crippen LogP contribution in [0.3, 0.4) is 0 Å². The van der Waals surface area contributed by atoms with Gasteiger partial charge in [0.15, 0.2) is 5.96 Å². The number of carboxylic acid groups (broad SMARTS) is 1. The maximum absolute atomic E-state index is 13.2. The van der Waals surface area contributed by atoms with E-state index in [1.165, 1.54) is 12.5 Å². The number of aliphatic imine (C=N–C) groups is 1. The predicted octanol–water partition coefficient (Wildman–Crippen LogP) is -3.07. The van der Waals surface area contributed by atoms with Gasteiger partial charge < -0.3 is 49.0 Å². The normalized spacial score (nSPS) is 14.0. The standard InChI is InChI=1S/C21H38N10O5S/c22-6-2-1-4-14(18(33)30-15(20(35)36)5-3-7-27-21(24)25)29-19(34)16(8-12-9-26-11-28-12)31-17(32)13(23)10-37/h9,11,13-16,37H,1-8,10,22-23H2,(H,26,28)(H,29,34)(H,30,33)(H,31,32)(H,35,36)(H4,24,25,27). The average Bonchev–Trinajstić information content (AvgIpc) is 3.36. The van der Waals surface area contributed by atoms with Crippen LogP contribution >= 0.6 is 12.6 Å². The topological polar surface area (TPSA) is 270 Å². The van der Waals surface area contributed by atoms with Gasteiger partial charge >= 0.3 is 5.97 Å².